The zero-order valence-electron chi connectivity index (χ0n) is 24.1. The molecule has 1 N–H and O–H groups in total. The lowest BCUT2D eigenvalue weighted by atomic mass is 9.56. The van der Waals surface area contributed by atoms with Gasteiger partial charge in [-0.2, -0.15) is 4.90 Å². The van der Waals surface area contributed by atoms with Crippen LogP contribution in [0.2, 0.25) is 0 Å². The summed E-state index contributed by atoms with van der Waals surface area (Å²) in [6.07, 6.45) is -0.745. The van der Waals surface area contributed by atoms with Crippen LogP contribution >= 0.6 is 23.2 Å². The molecule has 3 fully saturated rings. The summed E-state index contributed by atoms with van der Waals surface area (Å²) in [4.78, 5) is 62.0. The number of amides is 5. The third kappa shape index (κ3) is 4.11. The third-order valence-corrected chi connectivity index (χ3v) is 10.6. The van der Waals surface area contributed by atoms with Crippen LogP contribution in [0.3, 0.4) is 0 Å². The molecule has 0 unspecified atom stereocenters. The van der Waals surface area contributed by atoms with Crippen molar-refractivity contribution in [2.45, 2.75) is 35.4 Å². The minimum absolute atomic E-state index is 0.0303. The number of fused-ring (bicyclic) bond motifs is 4. The van der Waals surface area contributed by atoms with Crippen LogP contribution in [0.4, 0.5) is 32.4 Å². The van der Waals surface area contributed by atoms with Crippen molar-refractivity contribution in [3.05, 3.63) is 64.5 Å². The summed E-state index contributed by atoms with van der Waals surface area (Å²) in [6.45, 7) is 1.64. The molecule has 0 radical (unpaired) electrons. The number of nitrogens with zero attached hydrogens (tertiary/aromatic N) is 2. The van der Waals surface area contributed by atoms with Crippen molar-refractivity contribution >= 4 is 58.6 Å². The molecule has 2 saturated heterocycles. The summed E-state index contributed by atoms with van der Waals surface area (Å²) in [5.74, 6) is -23.5. The highest BCUT2D eigenvalue weighted by Crippen LogP contribution is 2.66. The van der Waals surface area contributed by atoms with Crippen LogP contribution in [-0.2, 0) is 23.9 Å². The smallest absolute Gasteiger partial charge is 0.423 e. The van der Waals surface area contributed by atoms with Gasteiger partial charge in [0.1, 0.15) is 5.69 Å². The molecule has 0 spiro atoms. The number of imide groups is 4. The molecule has 4 aliphatic rings. The second-order valence-corrected chi connectivity index (χ2v) is 12.6. The van der Waals surface area contributed by atoms with E-state index in [9.17, 15) is 42.3 Å². The Hall–Kier alpha value is -4.24. The molecule has 2 heterocycles. The molecule has 2 aliphatic heterocycles. The van der Waals surface area contributed by atoms with Gasteiger partial charge in [-0.3, -0.25) is 19.2 Å². The number of phenolic OH excluding ortho intramolecular Hbond substituents is 1. The summed E-state index contributed by atoms with van der Waals surface area (Å²) in [6, 6.07) is 3.65. The lowest BCUT2D eigenvalue weighted by molar-refractivity contribution is -0.138. The number of likely N-dealkylation sites (tertiary alicyclic amines) is 1. The fraction of sp³-hybridized carbons (Fsp3) is 0.367. The van der Waals surface area contributed by atoms with Crippen LogP contribution in [0.15, 0.2) is 29.8 Å². The number of benzene rings is 2. The third-order valence-electron chi connectivity index (χ3n) is 9.20. The highest BCUT2D eigenvalue weighted by Gasteiger charge is 2.77. The van der Waals surface area contributed by atoms with E-state index >= 15 is 8.78 Å². The van der Waals surface area contributed by atoms with Crippen LogP contribution in [0.25, 0.3) is 0 Å². The fourth-order valence-electron chi connectivity index (χ4n) is 7.19. The quantitative estimate of drug-likeness (QED) is 0.120. The zero-order valence-corrected chi connectivity index (χ0v) is 25.6. The average molecular weight is 703 g/mol. The van der Waals surface area contributed by atoms with Gasteiger partial charge in [0.15, 0.2) is 44.5 Å². The molecule has 6 rings (SSSR count). The van der Waals surface area contributed by atoms with E-state index in [1.807, 2.05) is 0 Å². The molecule has 2 aromatic carbocycles. The predicted octanol–water partition coefficient (Wildman–Crippen LogP) is 4.82. The van der Waals surface area contributed by atoms with Crippen molar-refractivity contribution in [2.75, 3.05) is 18.6 Å². The Kier molecular flexibility index (Phi) is 7.59. The maximum absolute atomic E-state index is 15.1. The first kappa shape index (κ1) is 32.7. The monoisotopic (exact) mass is 702 g/mol. The second-order valence-electron chi connectivity index (χ2n) is 11.3. The number of rotatable bonds is 4. The molecular weight excluding hydrogens is 682 g/mol. The number of methoxy groups -OCH3 is 1. The number of aromatic hydroxyl groups is 1. The van der Waals surface area contributed by atoms with E-state index < -0.39 is 104 Å². The largest absolute Gasteiger partial charge is 0.504 e. The Bertz CT molecular complexity index is 1830. The van der Waals surface area contributed by atoms with Crippen molar-refractivity contribution in [2.24, 2.45) is 17.8 Å². The van der Waals surface area contributed by atoms with E-state index in [0.717, 1.165) is 13.2 Å². The van der Waals surface area contributed by atoms with Gasteiger partial charge in [-0.25, -0.2) is 31.6 Å². The Morgan fingerprint density at radius 3 is 2.17 bits per heavy atom. The average Bonchev–Trinajstić information content (AvgIpc) is 3.38. The van der Waals surface area contributed by atoms with Gasteiger partial charge in [0.25, 0.3) is 11.8 Å². The van der Waals surface area contributed by atoms with Crippen molar-refractivity contribution < 1.29 is 60.5 Å². The van der Waals surface area contributed by atoms with Gasteiger partial charge in [0, 0.05) is 5.92 Å². The molecule has 0 bridgehead atoms. The number of halogens is 7. The SMILES string of the molecule is CCOc1cc([C@H]2C3=CC[C@@H]4C(=O)N(C(=O)OC)C(=O)[C@@H]4[C@@H]3C[C@@]3(Cl)C(=O)N(c4c(F)c(F)c(F)c(F)c4F)C(=O)[C@@]23Cl)ccc1O. The Labute approximate surface area is 271 Å². The van der Waals surface area contributed by atoms with E-state index in [-0.39, 0.29) is 40.6 Å². The van der Waals surface area contributed by atoms with Crippen LogP contribution in [0.1, 0.15) is 31.2 Å². The van der Waals surface area contributed by atoms with Gasteiger partial charge in [-0.15, -0.1) is 23.2 Å². The normalized spacial score (nSPS) is 29.9. The number of carbonyl (C=O) groups is 5. The molecule has 0 aromatic heterocycles. The van der Waals surface area contributed by atoms with Gasteiger partial charge in [-0.1, -0.05) is 17.7 Å². The number of phenols is 1. The highest BCUT2D eigenvalue weighted by molar-refractivity contribution is 6.58. The number of carbonyl (C=O) groups excluding carboxylic acids is 5. The summed E-state index contributed by atoms with van der Waals surface area (Å²) < 4.78 is 82.9. The van der Waals surface area contributed by atoms with Crippen molar-refractivity contribution in [1.29, 1.82) is 0 Å². The van der Waals surface area contributed by atoms with E-state index in [4.69, 9.17) is 27.9 Å². The van der Waals surface area contributed by atoms with Gasteiger partial charge in [0.2, 0.25) is 17.6 Å². The van der Waals surface area contributed by atoms with Crippen LogP contribution in [0.5, 0.6) is 11.5 Å². The molecule has 2 aliphatic carbocycles. The fourth-order valence-corrected chi connectivity index (χ4v) is 8.13. The summed E-state index contributed by atoms with van der Waals surface area (Å²) >= 11 is 14.0. The topological polar surface area (TPSA) is 131 Å². The maximum atomic E-state index is 15.1. The maximum Gasteiger partial charge on any atom is 0.423 e. The molecule has 248 valence electrons. The van der Waals surface area contributed by atoms with E-state index in [0.29, 0.717) is 4.90 Å². The lowest BCUT2D eigenvalue weighted by Crippen LogP contribution is -2.60. The molecule has 2 aromatic rings. The van der Waals surface area contributed by atoms with Crippen molar-refractivity contribution in [3.63, 3.8) is 0 Å². The van der Waals surface area contributed by atoms with E-state index in [1.54, 1.807) is 6.92 Å². The van der Waals surface area contributed by atoms with Gasteiger partial charge >= 0.3 is 6.09 Å². The lowest BCUT2D eigenvalue weighted by Gasteiger charge is -2.50. The van der Waals surface area contributed by atoms with Crippen LogP contribution in [-0.4, -0.2) is 63.2 Å². The molecule has 1 saturated carbocycles. The second kappa shape index (κ2) is 10.9. The standard InChI is InChI=1S/C30H21Cl2F5N2O8/c1-3-47-15-8-10(4-7-14(15)40)17-11-5-6-12-16(25(42)39(24(12)41)28(45)46-2)13(11)9-29(31)26(43)38(27(44)30(17,29)32)23-21(36)19(34)18(33)20(35)22(23)37/h4-5,7-8,12-13,16-17,40H,3,6,9H2,1-2H3/t12-,13+,16-,17-,29+,30-/m0/s1. The molecule has 17 heteroatoms. The molecule has 5 amide bonds. The first-order valence-corrected chi connectivity index (χ1v) is 14.7. The highest BCUT2D eigenvalue weighted by atomic mass is 35.5. The Balaban J connectivity index is 1.60. The van der Waals surface area contributed by atoms with Crippen LogP contribution in [0, 0.1) is 46.8 Å². The van der Waals surface area contributed by atoms with Gasteiger partial charge < -0.3 is 14.6 Å². The summed E-state index contributed by atoms with van der Waals surface area (Å²) in [7, 11) is 0.943. The van der Waals surface area contributed by atoms with Gasteiger partial charge in [-0.05, 0) is 43.4 Å². The summed E-state index contributed by atoms with van der Waals surface area (Å²) in [5, 5.41) is 10.4. The minimum atomic E-state index is -2.75. The van der Waals surface area contributed by atoms with Crippen LogP contribution < -0.4 is 9.64 Å². The van der Waals surface area contributed by atoms with Crippen molar-refractivity contribution in [3.8, 4) is 11.5 Å². The Morgan fingerprint density at radius 1 is 0.957 bits per heavy atom. The first-order chi connectivity index (χ1) is 22.1. The van der Waals surface area contributed by atoms with E-state index in [2.05, 4.69) is 4.74 Å². The number of alkyl halides is 2. The number of allylic oxidation sites excluding steroid dienone is 2. The number of hydrogen-bond acceptors (Lipinski definition) is 8. The number of ether oxygens (including phenoxy) is 2. The van der Waals surface area contributed by atoms with Crippen molar-refractivity contribution in [1.82, 2.24) is 4.90 Å². The zero-order chi connectivity index (χ0) is 34.5. The number of hydrogen-bond donors (Lipinski definition) is 1. The number of anilines is 1. The molecule has 10 nitrogen and oxygen atoms in total. The Morgan fingerprint density at radius 2 is 1.57 bits per heavy atom. The molecule has 47 heavy (non-hydrogen) atoms. The molecule has 6 atom stereocenters. The predicted molar refractivity (Wildman–Crippen MR) is 150 cm³/mol. The van der Waals surface area contributed by atoms with Gasteiger partial charge in [0.05, 0.1) is 25.6 Å². The molecular formula is C30H21Cl2F5N2O8. The summed E-state index contributed by atoms with van der Waals surface area (Å²) in [5.41, 5.74) is -1.73. The minimum Gasteiger partial charge on any atom is -0.504 e. The first-order valence-electron chi connectivity index (χ1n) is 14.0. The van der Waals surface area contributed by atoms with E-state index in [1.165, 1.54) is 18.2 Å².